The second-order valence-corrected chi connectivity index (χ2v) is 5.61. The molecule has 1 aromatic carbocycles. The van der Waals surface area contributed by atoms with Gasteiger partial charge in [-0.25, -0.2) is 4.98 Å². The molecule has 0 unspecified atom stereocenters. The molecule has 0 spiro atoms. The van der Waals surface area contributed by atoms with Crippen LogP contribution >= 0.6 is 11.8 Å². The van der Waals surface area contributed by atoms with Gasteiger partial charge in [0.25, 0.3) is 0 Å². The van der Waals surface area contributed by atoms with E-state index in [2.05, 4.69) is 34.1 Å². The summed E-state index contributed by atoms with van der Waals surface area (Å²) >= 11 is 2.03. The van der Waals surface area contributed by atoms with Gasteiger partial charge < -0.3 is 9.32 Å². The fourth-order valence-electron chi connectivity index (χ4n) is 2.15. The lowest BCUT2D eigenvalue weighted by Crippen LogP contribution is -2.32. The Morgan fingerprint density at radius 3 is 2.50 bits per heavy atom. The van der Waals surface area contributed by atoms with Crippen LogP contribution in [0, 0.1) is 6.92 Å². The van der Waals surface area contributed by atoms with Crippen molar-refractivity contribution >= 4 is 17.4 Å². The van der Waals surface area contributed by atoms with Gasteiger partial charge in [0.1, 0.15) is 0 Å². The molecule has 0 radical (unpaired) electrons. The van der Waals surface area contributed by atoms with Crippen molar-refractivity contribution < 1.29 is 4.42 Å². The third kappa shape index (κ3) is 2.38. The molecule has 1 saturated heterocycles. The predicted octanol–water partition coefficient (Wildman–Crippen LogP) is 3.20. The fourth-order valence-corrected chi connectivity index (χ4v) is 3.06. The molecule has 18 heavy (non-hydrogen) atoms. The summed E-state index contributed by atoms with van der Waals surface area (Å²) in [5.74, 6) is 4.00. The maximum Gasteiger partial charge on any atom is 0.191 e. The number of thioether (sulfide) groups is 1. The van der Waals surface area contributed by atoms with Crippen molar-refractivity contribution in [2.45, 2.75) is 6.92 Å². The van der Waals surface area contributed by atoms with E-state index < -0.39 is 0 Å². The highest BCUT2D eigenvalue weighted by molar-refractivity contribution is 7.99. The highest BCUT2D eigenvalue weighted by Gasteiger charge is 2.11. The molecule has 1 aromatic heterocycles. The molecule has 1 aliphatic heterocycles. The number of aromatic nitrogens is 1. The van der Waals surface area contributed by atoms with Crippen LogP contribution in [0.1, 0.15) is 5.89 Å². The van der Waals surface area contributed by atoms with Crippen LogP contribution in [-0.2, 0) is 0 Å². The number of nitrogens with zero attached hydrogens (tertiary/aromatic N) is 2. The van der Waals surface area contributed by atoms with Gasteiger partial charge in [-0.1, -0.05) is 0 Å². The van der Waals surface area contributed by atoms with E-state index in [4.69, 9.17) is 4.42 Å². The zero-order valence-electron chi connectivity index (χ0n) is 10.4. The maximum atomic E-state index is 5.53. The van der Waals surface area contributed by atoms with Crippen molar-refractivity contribution in [3.63, 3.8) is 0 Å². The number of oxazole rings is 1. The molecule has 94 valence electrons. The number of rotatable bonds is 2. The molecule has 0 amide bonds. The third-order valence-electron chi connectivity index (χ3n) is 3.15. The molecular weight excluding hydrogens is 244 g/mol. The molecule has 2 aromatic rings. The molecule has 3 rings (SSSR count). The second-order valence-electron chi connectivity index (χ2n) is 4.39. The standard InChI is InChI=1S/C14H16N2OS/c1-11-15-10-14(17-11)12-2-4-13(5-3-12)16-6-8-18-9-7-16/h2-5,10H,6-9H2,1H3. The summed E-state index contributed by atoms with van der Waals surface area (Å²) in [5, 5.41) is 0. The molecule has 0 N–H and O–H groups in total. The van der Waals surface area contributed by atoms with E-state index in [-0.39, 0.29) is 0 Å². The Hall–Kier alpha value is -1.42. The Kier molecular flexibility index (Phi) is 3.28. The molecule has 0 bridgehead atoms. The third-order valence-corrected chi connectivity index (χ3v) is 4.09. The summed E-state index contributed by atoms with van der Waals surface area (Å²) in [6, 6.07) is 8.56. The first kappa shape index (κ1) is 11.7. The Labute approximate surface area is 111 Å². The van der Waals surface area contributed by atoms with Crippen molar-refractivity contribution in [3.8, 4) is 11.3 Å². The number of hydrogen-bond donors (Lipinski definition) is 0. The van der Waals surface area contributed by atoms with E-state index in [1.807, 2.05) is 18.7 Å². The van der Waals surface area contributed by atoms with Crippen molar-refractivity contribution in [2.75, 3.05) is 29.5 Å². The van der Waals surface area contributed by atoms with Crippen LogP contribution in [0.15, 0.2) is 34.9 Å². The number of hydrogen-bond acceptors (Lipinski definition) is 4. The minimum atomic E-state index is 0.710. The van der Waals surface area contributed by atoms with Crippen LogP contribution in [0.5, 0.6) is 0 Å². The van der Waals surface area contributed by atoms with E-state index in [0.29, 0.717) is 5.89 Å². The van der Waals surface area contributed by atoms with Gasteiger partial charge in [0.2, 0.25) is 0 Å². The zero-order chi connectivity index (χ0) is 12.4. The first-order chi connectivity index (χ1) is 8.83. The van der Waals surface area contributed by atoms with Gasteiger partial charge in [-0.05, 0) is 24.3 Å². The number of aryl methyl sites for hydroxylation is 1. The van der Waals surface area contributed by atoms with Crippen molar-refractivity contribution in [2.24, 2.45) is 0 Å². The molecule has 1 aliphatic rings. The van der Waals surface area contributed by atoms with Crippen LogP contribution in [0.3, 0.4) is 0 Å². The summed E-state index contributed by atoms with van der Waals surface area (Å²) in [4.78, 5) is 6.56. The second kappa shape index (κ2) is 5.06. The van der Waals surface area contributed by atoms with Gasteiger partial charge >= 0.3 is 0 Å². The average Bonchev–Trinajstić information content (AvgIpc) is 2.87. The van der Waals surface area contributed by atoms with E-state index in [9.17, 15) is 0 Å². The lowest BCUT2D eigenvalue weighted by molar-refractivity contribution is 0.534. The predicted molar refractivity (Wildman–Crippen MR) is 76.2 cm³/mol. The summed E-state index contributed by atoms with van der Waals surface area (Å²) < 4.78 is 5.53. The average molecular weight is 260 g/mol. The minimum absolute atomic E-state index is 0.710. The highest BCUT2D eigenvalue weighted by atomic mass is 32.2. The zero-order valence-corrected chi connectivity index (χ0v) is 11.2. The largest absolute Gasteiger partial charge is 0.441 e. The first-order valence-corrected chi connectivity index (χ1v) is 7.34. The van der Waals surface area contributed by atoms with Gasteiger partial charge in [0.05, 0.1) is 6.20 Å². The molecule has 0 aliphatic carbocycles. The SMILES string of the molecule is Cc1ncc(-c2ccc(N3CCSCC3)cc2)o1. The highest BCUT2D eigenvalue weighted by Crippen LogP contribution is 2.25. The van der Waals surface area contributed by atoms with Crippen LogP contribution in [-0.4, -0.2) is 29.6 Å². The van der Waals surface area contributed by atoms with Crippen LogP contribution in [0.25, 0.3) is 11.3 Å². The van der Waals surface area contributed by atoms with Crippen molar-refractivity contribution in [3.05, 3.63) is 36.4 Å². The lowest BCUT2D eigenvalue weighted by atomic mass is 10.1. The van der Waals surface area contributed by atoms with Crippen LogP contribution < -0.4 is 4.90 Å². The summed E-state index contributed by atoms with van der Waals surface area (Å²) in [6.07, 6.45) is 1.78. The van der Waals surface area contributed by atoms with Crippen LogP contribution in [0.2, 0.25) is 0 Å². The van der Waals surface area contributed by atoms with Crippen molar-refractivity contribution in [1.29, 1.82) is 0 Å². The summed E-state index contributed by atoms with van der Waals surface area (Å²) in [7, 11) is 0. The van der Waals surface area contributed by atoms with E-state index in [1.165, 1.54) is 17.2 Å². The minimum Gasteiger partial charge on any atom is -0.441 e. The van der Waals surface area contributed by atoms with E-state index in [0.717, 1.165) is 24.4 Å². The monoisotopic (exact) mass is 260 g/mol. The lowest BCUT2D eigenvalue weighted by Gasteiger charge is -2.28. The fraction of sp³-hybridized carbons (Fsp3) is 0.357. The smallest absolute Gasteiger partial charge is 0.191 e. The Bertz CT molecular complexity index is 515. The molecule has 4 heteroatoms. The van der Waals surface area contributed by atoms with Gasteiger partial charge in [-0.15, -0.1) is 0 Å². The Balaban J connectivity index is 1.80. The van der Waals surface area contributed by atoms with Gasteiger partial charge in [0, 0.05) is 42.8 Å². The number of anilines is 1. The molecule has 0 atom stereocenters. The molecule has 2 heterocycles. The molecule has 0 saturated carbocycles. The molecule has 3 nitrogen and oxygen atoms in total. The van der Waals surface area contributed by atoms with Gasteiger partial charge in [0.15, 0.2) is 11.7 Å². The summed E-state index contributed by atoms with van der Waals surface area (Å²) in [5.41, 5.74) is 2.39. The molecular formula is C14H16N2OS. The topological polar surface area (TPSA) is 29.3 Å². The van der Waals surface area contributed by atoms with E-state index in [1.54, 1.807) is 6.20 Å². The van der Waals surface area contributed by atoms with Crippen LogP contribution in [0.4, 0.5) is 5.69 Å². The quantitative estimate of drug-likeness (QED) is 0.829. The van der Waals surface area contributed by atoms with Crippen molar-refractivity contribution in [1.82, 2.24) is 4.98 Å². The Morgan fingerprint density at radius 2 is 1.89 bits per heavy atom. The van der Waals surface area contributed by atoms with Gasteiger partial charge in [-0.3, -0.25) is 0 Å². The van der Waals surface area contributed by atoms with Gasteiger partial charge in [-0.2, -0.15) is 11.8 Å². The number of benzene rings is 1. The molecule has 1 fully saturated rings. The first-order valence-electron chi connectivity index (χ1n) is 6.18. The van der Waals surface area contributed by atoms with E-state index >= 15 is 0 Å². The normalized spacial score (nSPS) is 15.9. The summed E-state index contributed by atoms with van der Waals surface area (Å²) in [6.45, 7) is 4.15. The maximum absolute atomic E-state index is 5.53. The Morgan fingerprint density at radius 1 is 1.17 bits per heavy atom.